The first-order valence-electron chi connectivity index (χ1n) is 6.75. The van der Waals surface area contributed by atoms with E-state index in [4.69, 9.17) is 0 Å². The Morgan fingerprint density at radius 2 is 2.24 bits per heavy atom. The summed E-state index contributed by atoms with van der Waals surface area (Å²) >= 11 is 0. The van der Waals surface area contributed by atoms with Gasteiger partial charge in [-0.3, -0.25) is 0 Å². The Morgan fingerprint density at radius 3 is 3.00 bits per heavy atom. The molecule has 1 N–H and O–H groups in total. The molecule has 0 saturated carbocycles. The predicted molar refractivity (Wildman–Crippen MR) is 70.9 cm³/mol. The molecule has 1 nitrogen and oxygen atoms in total. The van der Waals surface area contributed by atoms with E-state index >= 15 is 0 Å². The van der Waals surface area contributed by atoms with E-state index in [1.54, 1.807) is 6.07 Å². The number of anilines is 1. The van der Waals surface area contributed by atoms with Crippen LogP contribution >= 0.6 is 0 Å². The normalized spacial score (nSPS) is 19.8. The lowest BCUT2D eigenvalue weighted by atomic mass is 9.85. The van der Waals surface area contributed by atoms with Gasteiger partial charge in [0.05, 0.1) is 0 Å². The molecule has 2 rings (SSSR count). The average molecular weight is 235 g/mol. The van der Waals surface area contributed by atoms with Crippen LogP contribution < -0.4 is 5.32 Å². The monoisotopic (exact) mass is 235 g/mol. The molecule has 0 saturated heterocycles. The SMILES string of the molecule is CCCCCC(C)C1CNc2ccc(F)cc21. The van der Waals surface area contributed by atoms with Crippen LogP contribution in [0.1, 0.15) is 51.0 Å². The molecule has 0 aliphatic carbocycles. The van der Waals surface area contributed by atoms with Crippen LogP contribution in [0.15, 0.2) is 18.2 Å². The summed E-state index contributed by atoms with van der Waals surface area (Å²) in [6.07, 6.45) is 5.11. The van der Waals surface area contributed by atoms with Crippen LogP contribution in [0.4, 0.5) is 10.1 Å². The molecule has 1 aromatic carbocycles. The Hall–Kier alpha value is -1.05. The molecular formula is C15H22FN. The highest BCUT2D eigenvalue weighted by molar-refractivity contribution is 5.57. The number of benzene rings is 1. The molecule has 1 aromatic rings. The van der Waals surface area contributed by atoms with Crippen molar-refractivity contribution in [3.63, 3.8) is 0 Å². The minimum Gasteiger partial charge on any atom is -0.384 e. The number of hydrogen-bond donors (Lipinski definition) is 1. The Kier molecular flexibility index (Phi) is 4.03. The summed E-state index contributed by atoms with van der Waals surface area (Å²) in [5, 5.41) is 3.38. The van der Waals surface area contributed by atoms with Crippen LogP contribution in [-0.2, 0) is 0 Å². The van der Waals surface area contributed by atoms with Gasteiger partial charge in [0.2, 0.25) is 0 Å². The van der Waals surface area contributed by atoms with Crippen LogP contribution in [0, 0.1) is 11.7 Å². The van der Waals surface area contributed by atoms with Crippen molar-refractivity contribution in [2.75, 3.05) is 11.9 Å². The highest BCUT2D eigenvalue weighted by atomic mass is 19.1. The second-order valence-corrected chi connectivity index (χ2v) is 5.19. The standard InChI is InChI=1S/C15H22FN/c1-3-4-5-6-11(2)14-10-17-15-8-7-12(16)9-13(14)15/h7-9,11,14,17H,3-6,10H2,1-2H3. The molecule has 2 heteroatoms. The van der Waals surface area contributed by atoms with E-state index in [2.05, 4.69) is 19.2 Å². The zero-order valence-electron chi connectivity index (χ0n) is 10.8. The zero-order chi connectivity index (χ0) is 12.3. The van der Waals surface area contributed by atoms with Gasteiger partial charge in [0.15, 0.2) is 0 Å². The lowest BCUT2D eigenvalue weighted by Gasteiger charge is -2.19. The Morgan fingerprint density at radius 1 is 1.41 bits per heavy atom. The van der Waals surface area contributed by atoms with Crippen LogP contribution in [0.2, 0.25) is 0 Å². The summed E-state index contributed by atoms with van der Waals surface area (Å²) in [5.41, 5.74) is 2.30. The first-order chi connectivity index (χ1) is 8.22. The van der Waals surface area contributed by atoms with Gasteiger partial charge in [-0.1, -0.05) is 39.5 Å². The third kappa shape index (κ3) is 2.80. The summed E-state index contributed by atoms with van der Waals surface area (Å²) in [6.45, 7) is 5.49. The Bertz CT molecular complexity index is 375. The molecule has 0 aromatic heterocycles. The number of unbranched alkanes of at least 4 members (excludes halogenated alkanes) is 2. The molecule has 2 unspecified atom stereocenters. The average Bonchev–Trinajstić information content (AvgIpc) is 2.72. The quantitative estimate of drug-likeness (QED) is 0.738. The van der Waals surface area contributed by atoms with Crippen molar-refractivity contribution in [1.29, 1.82) is 0 Å². The summed E-state index contributed by atoms with van der Waals surface area (Å²) < 4.78 is 13.3. The second kappa shape index (κ2) is 5.52. The van der Waals surface area contributed by atoms with Gasteiger partial charge in [-0.2, -0.15) is 0 Å². The van der Waals surface area contributed by atoms with Crippen LogP contribution in [0.3, 0.4) is 0 Å². The molecule has 17 heavy (non-hydrogen) atoms. The summed E-state index contributed by atoms with van der Waals surface area (Å²) in [5.74, 6) is 1.01. The Balaban J connectivity index is 2.02. The van der Waals surface area contributed by atoms with E-state index in [9.17, 15) is 4.39 Å². The van der Waals surface area contributed by atoms with Crippen molar-refractivity contribution in [2.24, 2.45) is 5.92 Å². The molecule has 0 fully saturated rings. The maximum Gasteiger partial charge on any atom is 0.123 e. The smallest absolute Gasteiger partial charge is 0.123 e. The van der Waals surface area contributed by atoms with E-state index in [1.165, 1.54) is 37.3 Å². The third-order valence-electron chi connectivity index (χ3n) is 3.88. The first kappa shape index (κ1) is 12.4. The van der Waals surface area contributed by atoms with Crippen LogP contribution in [0.5, 0.6) is 0 Å². The summed E-state index contributed by atoms with van der Waals surface area (Å²) in [4.78, 5) is 0. The largest absolute Gasteiger partial charge is 0.384 e. The molecule has 0 spiro atoms. The molecular weight excluding hydrogens is 213 g/mol. The van der Waals surface area contributed by atoms with Gasteiger partial charge in [-0.25, -0.2) is 4.39 Å². The second-order valence-electron chi connectivity index (χ2n) is 5.19. The molecule has 2 atom stereocenters. The van der Waals surface area contributed by atoms with Gasteiger partial charge >= 0.3 is 0 Å². The minimum absolute atomic E-state index is 0.113. The first-order valence-corrected chi connectivity index (χ1v) is 6.75. The number of halogens is 1. The van der Waals surface area contributed by atoms with Gasteiger partial charge < -0.3 is 5.32 Å². The fourth-order valence-electron chi connectivity index (χ4n) is 2.76. The van der Waals surface area contributed by atoms with E-state index in [0.717, 1.165) is 12.2 Å². The fraction of sp³-hybridized carbons (Fsp3) is 0.600. The highest BCUT2D eigenvalue weighted by Crippen LogP contribution is 2.38. The minimum atomic E-state index is -0.113. The van der Waals surface area contributed by atoms with E-state index in [-0.39, 0.29) is 5.82 Å². The van der Waals surface area contributed by atoms with Gasteiger partial charge in [0, 0.05) is 18.2 Å². The molecule has 94 valence electrons. The van der Waals surface area contributed by atoms with Crippen molar-refractivity contribution in [3.05, 3.63) is 29.6 Å². The van der Waals surface area contributed by atoms with Gasteiger partial charge in [0.1, 0.15) is 5.82 Å². The summed E-state index contributed by atoms with van der Waals surface area (Å²) in [7, 11) is 0. The molecule has 1 aliphatic rings. The highest BCUT2D eigenvalue weighted by Gasteiger charge is 2.26. The van der Waals surface area contributed by atoms with Gasteiger partial charge in [-0.05, 0) is 29.7 Å². The maximum atomic E-state index is 13.3. The number of nitrogens with one attached hydrogen (secondary N) is 1. The number of hydrogen-bond acceptors (Lipinski definition) is 1. The van der Waals surface area contributed by atoms with Crippen LogP contribution in [0.25, 0.3) is 0 Å². The van der Waals surface area contributed by atoms with E-state index in [0.29, 0.717) is 11.8 Å². The number of fused-ring (bicyclic) bond motifs is 1. The lowest BCUT2D eigenvalue weighted by molar-refractivity contribution is 0.429. The number of rotatable bonds is 5. The van der Waals surface area contributed by atoms with Crippen molar-refractivity contribution >= 4 is 5.69 Å². The lowest BCUT2D eigenvalue weighted by Crippen LogP contribution is -2.12. The Labute approximate surface area is 103 Å². The third-order valence-corrected chi connectivity index (χ3v) is 3.88. The van der Waals surface area contributed by atoms with Crippen molar-refractivity contribution in [3.8, 4) is 0 Å². The molecule has 0 bridgehead atoms. The van der Waals surface area contributed by atoms with Crippen molar-refractivity contribution in [1.82, 2.24) is 0 Å². The summed E-state index contributed by atoms with van der Waals surface area (Å²) in [6, 6.07) is 5.11. The fourth-order valence-corrected chi connectivity index (χ4v) is 2.76. The van der Waals surface area contributed by atoms with Crippen molar-refractivity contribution < 1.29 is 4.39 Å². The van der Waals surface area contributed by atoms with E-state index < -0.39 is 0 Å². The topological polar surface area (TPSA) is 12.0 Å². The molecule has 1 aliphatic heterocycles. The molecule has 1 heterocycles. The van der Waals surface area contributed by atoms with Gasteiger partial charge in [-0.15, -0.1) is 0 Å². The molecule has 0 radical (unpaired) electrons. The predicted octanol–water partition coefficient (Wildman–Crippen LogP) is 4.55. The zero-order valence-corrected chi connectivity index (χ0v) is 10.8. The van der Waals surface area contributed by atoms with Gasteiger partial charge in [0.25, 0.3) is 0 Å². The van der Waals surface area contributed by atoms with Crippen molar-refractivity contribution in [2.45, 2.75) is 45.4 Å². The van der Waals surface area contributed by atoms with Crippen LogP contribution in [-0.4, -0.2) is 6.54 Å². The van der Waals surface area contributed by atoms with E-state index in [1.807, 2.05) is 6.07 Å². The molecule has 0 amide bonds. The maximum absolute atomic E-state index is 13.3.